The second-order valence-electron chi connectivity index (χ2n) is 14.1. The first-order chi connectivity index (χ1) is 22.1. The van der Waals surface area contributed by atoms with E-state index in [0.717, 1.165) is 29.1 Å². The number of nitro groups is 2. The summed E-state index contributed by atoms with van der Waals surface area (Å²) in [6.45, 7) is 8.72. The molecule has 1 heterocycles. The molecule has 6 rings (SSSR count). The lowest BCUT2D eigenvalue weighted by Crippen LogP contribution is -2.44. The Kier molecular flexibility index (Phi) is 8.04. The Hall–Kier alpha value is -4.83. The molecule has 3 aromatic rings. The second-order valence-corrected chi connectivity index (χ2v) is 14.5. The highest BCUT2D eigenvalue weighted by Gasteiger charge is 2.49. The van der Waals surface area contributed by atoms with Crippen LogP contribution >= 0.6 is 11.6 Å². The monoisotopic (exact) mass is 655 g/mol. The van der Waals surface area contributed by atoms with Gasteiger partial charge in [-0.15, -0.1) is 0 Å². The van der Waals surface area contributed by atoms with Crippen molar-refractivity contribution in [3.05, 3.63) is 126 Å². The molecule has 0 atom stereocenters. The fourth-order valence-corrected chi connectivity index (χ4v) is 7.30. The summed E-state index contributed by atoms with van der Waals surface area (Å²) in [7, 11) is 0. The first kappa shape index (κ1) is 32.1. The minimum absolute atomic E-state index is 0.0873. The van der Waals surface area contributed by atoms with Gasteiger partial charge in [0.15, 0.2) is 11.6 Å². The molecule has 0 aromatic heterocycles. The molecule has 0 saturated carbocycles. The zero-order valence-corrected chi connectivity index (χ0v) is 27.3. The van der Waals surface area contributed by atoms with Crippen LogP contribution in [0.4, 0.5) is 11.4 Å². The summed E-state index contributed by atoms with van der Waals surface area (Å²) < 4.78 is 6.17. The summed E-state index contributed by atoms with van der Waals surface area (Å²) >= 11 is 6.57. The van der Waals surface area contributed by atoms with E-state index in [0.29, 0.717) is 41.1 Å². The molecule has 0 N–H and O–H groups in total. The Morgan fingerprint density at radius 3 is 1.91 bits per heavy atom. The maximum atomic E-state index is 14.3. The molecule has 3 aromatic carbocycles. The number of non-ortho nitro benzene ring substituents is 1. The van der Waals surface area contributed by atoms with Crippen molar-refractivity contribution in [2.75, 3.05) is 0 Å². The predicted octanol–water partition coefficient (Wildman–Crippen LogP) is 8.83. The van der Waals surface area contributed by atoms with Crippen LogP contribution in [0.25, 0.3) is 0 Å². The highest BCUT2D eigenvalue weighted by Crippen LogP contribution is 2.56. The molecular weight excluding hydrogens is 622 g/mol. The number of Topliss-reactive ketones (excluding diaryl/α,β-unsaturated/α-hetero) is 2. The molecule has 0 bridgehead atoms. The normalized spacial score (nSPS) is 19.0. The molecule has 0 amide bonds. The summed E-state index contributed by atoms with van der Waals surface area (Å²) in [6, 6.07) is 17.8. The van der Waals surface area contributed by atoms with Crippen LogP contribution in [0.3, 0.4) is 0 Å². The molecule has 242 valence electrons. The number of rotatable bonds is 7. The highest BCUT2D eigenvalue weighted by atomic mass is 35.5. The van der Waals surface area contributed by atoms with Gasteiger partial charge in [-0.05, 0) is 53.5 Å². The number of ketones is 2. The average molecular weight is 656 g/mol. The molecule has 1 aliphatic heterocycles. The van der Waals surface area contributed by atoms with Crippen LogP contribution in [0.1, 0.15) is 70.4 Å². The molecule has 10 nitrogen and oxygen atoms in total. The SMILES string of the molecule is CC1(C)CC(=O)C2=C(C1)N(Cc1ccccc1)C1=C(C(=O)CC(C)(C)C1)C2c1cc(Cl)ccc1Oc1ccc([N+](=O)[O-])cc1[N+](=O)[O-]. The Morgan fingerprint density at radius 2 is 1.36 bits per heavy atom. The lowest BCUT2D eigenvalue weighted by atomic mass is 9.63. The zero-order valence-electron chi connectivity index (χ0n) is 26.5. The van der Waals surface area contributed by atoms with Crippen LogP contribution in [-0.2, 0) is 16.1 Å². The van der Waals surface area contributed by atoms with Crippen molar-refractivity contribution in [3.8, 4) is 11.5 Å². The Bertz CT molecular complexity index is 1860. The average Bonchev–Trinajstić information content (AvgIpc) is 2.98. The van der Waals surface area contributed by atoms with E-state index in [-0.39, 0.29) is 46.7 Å². The number of hydrogen-bond acceptors (Lipinski definition) is 8. The fourth-order valence-electron chi connectivity index (χ4n) is 7.12. The summed E-state index contributed by atoms with van der Waals surface area (Å²) in [5.41, 5.74) is 2.41. The number of halogens is 1. The van der Waals surface area contributed by atoms with E-state index < -0.39 is 27.1 Å². The molecule has 0 fully saturated rings. The first-order valence-electron chi connectivity index (χ1n) is 15.4. The van der Waals surface area contributed by atoms with Crippen molar-refractivity contribution in [2.45, 2.75) is 65.8 Å². The number of ether oxygens (including phenoxy) is 1. The van der Waals surface area contributed by atoms with E-state index in [4.69, 9.17) is 16.3 Å². The minimum atomic E-state index is -0.829. The molecular formula is C36H34ClN3O7. The highest BCUT2D eigenvalue weighted by molar-refractivity contribution is 6.30. The number of benzene rings is 3. The van der Waals surface area contributed by atoms with Gasteiger partial charge in [0.1, 0.15) is 5.75 Å². The van der Waals surface area contributed by atoms with Gasteiger partial charge in [0, 0.05) is 64.5 Å². The first-order valence-corrected chi connectivity index (χ1v) is 15.8. The number of allylic oxidation sites excluding steroid dienone is 4. The largest absolute Gasteiger partial charge is 0.450 e. The third-order valence-corrected chi connectivity index (χ3v) is 9.29. The van der Waals surface area contributed by atoms with Gasteiger partial charge in [0.25, 0.3) is 5.69 Å². The van der Waals surface area contributed by atoms with Gasteiger partial charge in [-0.1, -0.05) is 69.6 Å². The minimum Gasteiger partial charge on any atom is -0.450 e. The van der Waals surface area contributed by atoms with Crippen molar-refractivity contribution in [1.82, 2.24) is 4.90 Å². The van der Waals surface area contributed by atoms with E-state index in [1.165, 1.54) is 6.07 Å². The zero-order chi connectivity index (χ0) is 33.8. The van der Waals surface area contributed by atoms with Gasteiger partial charge in [-0.2, -0.15) is 0 Å². The van der Waals surface area contributed by atoms with Crippen molar-refractivity contribution >= 4 is 34.5 Å². The summed E-state index contributed by atoms with van der Waals surface area (Å²) in [5, 5.41) is 23.7. The van der Waals surface area contributed by atoms with E-state index in [2.05, 4.69) is 32.6 Å². The summed E-state index contributed by atoms with van der Waals surface area (Å²) in [5.74, 6) is -1.07. The number of hydrogen-bond donors (Lipinski definition) is 0. The molecule has 0 spiro atoms. The molecule has 11 heteroatoms. The quantitative estimate of drug-likeness (QED) is 0.182. The van der Waals surface area contributed by atoms with E-state index in [1.807, 2.05) is 30.3 Å². The Labute approximate surface area is 277 Å². The van der Waals surface area contributed by atoms with Gasteiger partial charge >= 0.3 is 5.69 Å². The van der Waals surface area contributed by atoms with Crippen molar-refractivity contribution < 1.29 is 24.2 Å². The van der Waals surface area contributed by atoms with E-state index in [1.54, 1.807) is 18.2 Å². The van der Waals surface area contributed by atoms with Gasteiger partial charge in [-0.25, -0.2) is 0 Å². The van der Waals surface area contributed by atoms with E-state index in [9.17, 15) is 29.8 Å². The van der Waals surface area contributed by atoms with Crippen LogP contribution in [0, 0.1) is 31.1 Å². The lowest BCUT2D eigenvalue weighted by molar-refractivity contribution is -0.394. The van der Waals surface area contributed by atoms with Crippen LogP contribution in [0.5, 0.6) is 11.5 Å². The maximum absolute atomic E-state index is 14.3. The van der Waals surface area contributed by atoms with Crippen molar-refractivity contribution in [2.24, 2.45) is 10.8 Å². The van der Waals surface area contributed by atoms with Gasteiger partial charge < -0.3 is 9.64 Å². The third-order valence-electron chi connectivity index (χ3n) is 9.06. The third kappa shape index (κ3) is 6.17. The van der Waals surface area contributed by atoms with Crippen molar-refractivity contribution in [3.63, 3.8) is 0 Å². The number of carbonyl (C=O) groups is 2. The van der Waals surface area contributed by atoms with Gasteiger partial charge in [-0.3, -0.25) is 29.8 Å². The number of carbonyl (C=O) groups excluding carboxylic acids is 2. The lowest BCUT2D eigenvalue weighted by Gasteiger charge is -2.49. The number of nitro benzene ring substituents is 2. The van der Waals surface area contributed by atoms with Crippen LogP contribution in [-0.4, -0.2) is 26.3 Å². The smallest absolute Gasteiger partial charge is 0.318 e. The van der Waals surface area contributed by atoms with E-state index >= 15 is 0 Å². The van der Waals surface area contributed by atoms with Crippen LogP contribution in [0.15, 0.2) is 89.3 Å². The van der Waals surface area contributed by atoms with Crippen LogP contribution < -0.4 is 4.74 Å². The fraction of sp³-hybridized carbons (Fsp3) is 0.333. The molecule has 3 aliphatic rings. The topological polar surface area (TPSA) is 133 Å². The molecule has 47 heavy (non-hydrogen) atoms. The molecule has 0 unspecified atom stereocenters. The van der Waals surface area contributed by atoms with Crippen LogP contribution in [0.2, 0.25) is 5.02 Å². The van der Waals surface area contributed by atoms with Gasteiger partial charge in [0.2, 0.25) is 5.75 Å². The summed E-state index contributed by atoms with van der Waals surface area (Å²) in [6.07, 6.45) is 1.73. The molecule has 0 saturated heterocycles. The number of nitrogens with zero attached hydrogens (tertiary/aromatic N) is 3. The Balaban J connectivity index is 1.59. The second kappa shape index (κ2) is 11.8. The molecule has 2 aliphatic carbocycles. The maximum Gasteiger partial charge on any atom is 0.318 e. The summed E-state index contributed by atoms with van der Waals surface area (Å²) in [4.78, 5) is 52.6. The Morgan fingerprint density at radius 1 is 0.787 bits per heavy atom. The predicted molar refractivity (Wildman–Crippen MR) is 176 cm³/mol. The standard InChI is InChI=1S/C36H34ClN3O7/c1-35(2)16-26-33(28(41)18-35)32(34-27(17-36(3,4)19-29(34)42)38(26)20-21-8-6-5-7-9-21)24-14-22(37)10-12-30(24)47-31-13-11-23(39(43)44)15-25(31)40(45)46/h5-15,32H,16-20H2,1-4H3. The molecule has 0 radical (unpaired) electrons. The van der Waals surface area contributed by atoms with Crippen molar-refractivity contribution in [1.29, 1.82) is 0 Å². The van der Waals surface area contributed by atoms with Gasteiger partial charge in [0.05, 0.1) is 15.9 Å².